The lowest BCUT2D eigenvalue weighted by Crippen LogP contribution is -2.46. The molecule has 2 aromatic carbocycles. The lowest BCUT2D eigenvalue weighted by molar-refractivity contribution is 0.0733. The van der Waals surface area contributed by atoms with Crippen molar-refractivity contribution in [1.82, 2.24) is 5.32 Å². The molecule has 26 heavy (non-hydrogen) atoms. The number of rotatable bonds is 6. The van der Waals surface area contributed by atoms with E-state index in [9.17, 15) is 9.50 Å². The number of fused-ring (bicyclic) bond motifs is 2. The molecule has 0 spiro atoms. The molecule has 2 nitrogen and oxygen atoms in total. The highest BCUT2D eigenvalue weighted by Crippen LogP contribution is 2.52. The number of aryl methyl sites for hydroxylation is 1. The number of hydrogen-bond donors (Lipinski definition) is 2. The zero-order chi connectivity index (χ0) is 17.3. The van der Waals surface area contributed by atoms with Gasteiger partial charge in [0.15, 0.2) is 0 Å². The second-order valence-electron chi connectivity index (χ2n) is 7.86. The summed E-state index contributed by atoms with van der Waals surface area (Å²) in [7, 11) is 0. The average molecular weight is 376 g/mol. The van der Waals surface area contributed by atoms with Crippen LogP contribution in [-0.2, 0) is 6.42 Å². The van der Waals surface area contributed by atoms with E-state index in [1.54, 1.807) is 6.07 Å². The molecule has 4 heteroatoms. The van der Waals surface area contributed by atoms with E-state index in [-0.39, 0.29) is 29.3 Å². The Balaban J connectivity index is 0.00000196. The lowest BCUT2D eigenvalue weighted by atomic mass is 9.76. The quantitative estimate of drug-likeness (QED) is 0.748. The van der Waals surface area contributed by atoms with E-state index in [1.807, 2.05) is 6.07 Å². The van der Waals surface area contributed by atoms with Crippen molar-refractivity contribution in [2.45, 2.75) is 62.1 Å². The van der Waals surface area contributed by atoms with Gasteiger partial charge in [-0.1, -0.05) is 42.5 Å². The zero-order valence-corrected chi connectivity index (χ0v) is 15.8. The van der Waals surface area contributed by atoms with Crippen LogP contribution in [0, 0.1) is 5.82 Å². The third-order valence-electron chi connectivity index (χ3n) is 6.26. The zero-order valence-electron chi connectivity index (χ0n) is 15.0. The van der Waals surface area contributed by atoms with E-state index < -0.39 is 6.10 Å². The number of aliphatic hydroxyl groups is 1. The van der Waals surface area contributed by atoms with Crippen LogP contribution in [0.25, 0.3) is 0 Å². The van der Waals surface area contributed by atoms with Crippen LogP contribution in [0.15, 0.2) is 54.6 Å². The van der Waals surface area contributed by atoms with Crippen molar-refractivity contribution >= 4 is 12.4 Å². The van der Waals surface area contributed by atoms with Gasteiger partial charge in [0.25, 0.3) is 0 Å². The van der Waals surface area contributed by atoms with Crippen molar-refractivity contribution in [1.29, 1.82) is 0 Å². The maximum Gasteiger partial charge on any atom is 0.123 e. The molecule has 2 aliphatic rings. The van der Waals surface area contributed by atoms with Gasteiger partial charge >= 0.3 is 0 Å². The molecule has 140 valence electrons. The molecule has 2 fully saturated rings. The first-order valence-electron chi connectivity index (χ1n) is 9.38. The van der Waals surface area contributed by atoms with E-state index in [0.29, 0.717) is 5.56 Å². The van der Waals surface area contributed by atoms with Crippen molar-refractivity contribution < 1.29 is 9.50 Å². The lowest BCUT2D eigenvalue weighted by Gasteiger charge is -2.32. The third-order valence-corrected chi connectivity index (χ3v) is 6.26. The van der Waals surface area contributed by atoms with Gasteiger partial charge in [-0.05, 0) is 68.2 Å². The number of nitrogens with one attached hydrogen (secondary N) is 1. The van der Waals surface area contributed by atoms with Crippen LogP contribution in [-0.4, -0.2) is 16.2 Å². The Labute approximate surface area is 161 Å². The fourth-order valence-electron chi connectivity index (χ4n) is 4.88. The van der Waals surface area contributed by atoms with Crippen molar-refractivity contribution in [3.63, 3.8) is 0 Å². The number of benzene rings is 2. The Morgan fingerprint density at radius 2 is 1.73 bits per heavy atom. The smallest absolute Gasteiger partial charge is 0.123 e. The Morgan fingerprint density at radius 1 is 1.00 bits per heavy atom. The molecule has 0 aliphatic carbocycles. The van der Waals surface area contributed by atoms with E-state index in [1.165, 1.54) is 17.7 Å². The molecule has 0 radical (unpaired) electrons. The first-order chi connectivity index (χ1) is 12.1. The van der Waals surface area contributed by atoms with Crippen molar-refractivity contribution in [2.75, 3.05) is 0 Å². The normalized spacial score (nSPS) is 27.9. The molecule has 2 N–H and O–H groups in total. The first-order valence-corrected chi connectivity index (χ1v) is 9.38. The van der Waals surface area contributed by atoms with Gasteiger partial charge in [0, 0.05) is 11.1 Å². The minimum atomic E-state index is -0.637. The molecule has 2 aromatic rings. The fraction of sp³-hybridized carbons (Fsp3) is 0.455. The maximum absolute atomic E-state index is 13.5. The topological polar surface area (TPSA) is 32.3 Å². The molecule has 2 aliphatic heterocycles. The Kier molecular flexibility index (Phi) is 5.71. The van der Waals surface area contributed by atoms with Gasteiger partial charge in [-0.2, -0.15) is 0 Å². The summed E-state index contributed by atoms with van der Waals surface area (Å²) in [4.78, 5) is 0. The van der Waals surface area contributed by atoms with Crippen molar-refractivity contribution in [3.8, 4) is 0 Å². The average Bonchev–Trinajstić information content (AvgIpc) is 3.19. The van der Waals surface area contributed by atoms with E-state index >= 15 is 0 Å². The van der Waals surface area contributed by atoms with Gasteiger partial charge in [-0.15, -0.1) is 12.4 Å². The molecular weight excluding hydrogens is 349 g/mol. The van der Waals surface area contributed by atoms with Gasteiger partial charge in [0.1, 0.15) is 5.82 Å². The highest BCUT2D eigenvalue weighted by atomic mass is 35.5. The van der Waals surface area contributed by atoms with Crippen LogP contribution in [0.1, 0.15) is 55.8 Å². The van der Waals surface area contributed by atoms with Crippen LogP contribution in [0.3, 0.4) is 0 Å². The summed E-state index contributed by atoms with van der Waals surface area (Å²) in [6.07, 6.45) is 6.91. The second-order valence-corrected chi connectivity index (χ2v) is 7.86. The van der Waals surface area contributed by atoms with Crippen LogP contribution in [0.5, 0.6) is 0 Å². The van der Waals surface area contributed by atoms with Gasteiger partial charge in [-0.3, -0.25) is 0 Å². The summed E-state index contributed by atoms with van der Waals surface area (Å²) in [6, 6.07) is 17.0. The Bertz CT molecular complexity index is 728. The van der Waals surface area contributed by atoms with Gasteiger partial charge in [0.2, 0.25) is 0 Å². The van der Waals surface area contributed by atoms with Crippen LogP contribution in [0.4, 0.5) is 4.39 Å². The van der Waals surface area contributed by atoms with Crippen LogP contribution in [0.2, 0.25) is 0 Å². The fourth-order valence-corrected chi connectivity index (χ4v) is 4.88. The molecule has 0 saturated carbocycles. The van der Waals surface area contributed by atoms with E-state index in [4.69, 9.17) is 0 Å². The van der Waals surface area contributed by atoms with E-state index in [0.717, 1.165) is 44.9 Å². The molecule has 0 amide bonds. The molecule has 1 atom stereocenters. The number of halogens is 2. The summed E-state index contributed by atoms with van der Waals surface area (Å²) >= 11 is 0. The molecular formula is C22H27ClFNO. The number of hydrogen-bond acceptors (Lipinski definition) is 2. The molecule has 2 bridgehead atoms. The highest BCUT2D eigenvalue weighted by Gasteiger charge is 2.56. The van der Waals surface area contributed by atoms with Crippen LogP contribution >= 0.6 is 12.4 Å². The predicted octanol–water partition coefficient (Wildman–Crippen LogP) is 4.96. The summed E-state index contributed by atoms with van der Waals surface area (Å²) in [6.45, 7) is 0. The van der Waals surface area contributed by atoms with E-state index in [2.05, 4.69) is 35.6 Å². The first kappa shape index (κ1) is 19.3. The standard InChI is InChI=1S/C22H26FNO.ClH/c23-19-10-4-9-18(16-19)20(25)22-14-12-21(24-22,13-15-22)11-5-8-17-6-2-1-3-7-17;/h1-4,6-7,9-10,16,20,24-25H,5,8,11-15H2;1H/t20-,21?,22?;/m0./s1. The second kappa shape index (κ2) is 7.67. The summed E-state index contributed by atoms with van der Waals surface area (Å²) in [5.74, 6) is -0.280. The Hall–Kier alpha value is -1.42. The molecule has 4 rings (SSSR count). The monoisotopic (exact) mass is 375 g/mol. The predicted molar refractivity (Wildman–Crippen MR) is 105 cm³/mol. The molecule has 2 heterocycles. The van der Waals surface area contributed by atoms with Gasteiger partial charge < -0.3 is 10.4 Å². The minimum absolute atomic E-state index is 0. The summed E-state index contributed by atoms with van der Waals surface area (Å²) in [5.41, 5.74) is 1.96. The maximum atomic E-state index is 13.5. The van der Waals surface area contributed by atoms with Gasteiger partial charge in [0.05, 0.1) is 6.10 Å². The summed E-state index contributed by atoms with van der Waals surface area (Å²) in [5, 5.41) is 14.7. The highest BCUT2D eigenvalue weighted by molar-refractivity contribution is 5.85. The van der Waals surface area contributed by atoms with Crippen LogP contribution < -0.4 is 5.32 Å². The largest absolute Gasteiger partial charge is 0.386 e. The Morgan fingerprint density at radius 3 is 2.42 bits per heavy atom. The number of aliphatic hydroxyl groups excluding tert-OH is 1. The SMILES string of the molecule is Cl.O[C@@H](c1cccc(F)c1)C12CCC(CCCc3ccccc3)(CC1)N2. The molecule has 0 unspecified atom stereocenters. The third kappa shape index (κ3) is 3.66. The van der Waals surface area contributed by atoms with Crippen molar-refractivity contribution in [2.24, 2.45) is 0 Å². The van der Waals surface area contributed by atoms with Gasteiger partial charge in [-0.25, -0.2) is 4.39 Å². The minimum Gasteiger partial charge on any atom is -0.386 e. The van der Waals surface area contributed by atoms with Crippen molar-refractivity contribution in [3.05, 3.63) is 71.5 Å². The molecule has 0 aromatic heterocycles. The molecule has 2 saturated heterocycles. The summed E-state index contributed by atoms with van der Waals surface area (Å²) < 4.78 is 13.5.